The first-order chi connectivity index (χ1) is 7.33. The van der Waals surface area contributed by atoms with Gasteiger partial charge in [0.1, 0.15) is 5.52 Å². The lowest BCUT2D eigenvalue weighted by atomic mass is 10.3. The number of oxazole rings is 1. The molecule has 0 aliphatic rings. The highest BCUT2D eigenvalue weighted by Gasteiger charge is 2.03. The van der Waals surface area contributed by atoms with E-state index >= 15 is 0 Å². The molecule has 1 aromatic carbocycles. The molecule has 0 aliphatic carbocycles. The van der Waals surface area contributed by atoms with Gasteiger partial charge in [0.25, 0.3) is 0 Å². The number of rotatable bonds is 1. The van der Waals surface area contributed by atoms with Gasteiger partial charge in [0.2, 0.25) is 0 Å². The van der Waals surface area contributed by atoms with E-state index < -0.39 is 0 Å². The fourth-order valence-corrected chi connectivity index (χ4v) is 1.70. The van der Waals surface area contributed by atoms with Gasteiger partial charge in [-0.05, 0) is 30.3 Å². The van der Waals surface area contributed by atoms with E-state index in [9.17, 15) is 0 Å². The van der Waals surface area contributed by atoms with Crippen LogP contribution >= 0.6 is 0 Å². The van der Waals surface area contributed by atoms with Gasteiger partial charge in [-0.25, -0.2) is 4.98 Å². The molecule has 0 saturated carbocycles. The number of hydrogen-bond donors (Lipinski definition) is 0. The van der Waals surface area contributed by atoms with Crippen molar-refractivity contribution < 1.29 is 4.42 Å². The average Bonchev–Trinajstić information content (AvgIpc) is 2.82. The average molecular weight is 198 g/mol. The van der Waals surface area contributed by atoms with Crippen LogP contribution in [-0.2, 0) is 0 Å². The lowest BCUT2D eigenvalue weighted by Crippen LogP contribution is -1.88. The second-order valence-corrected chi connectivity index (χ2v) is 3.48. The molecule has 74 valence electrons. The van der Waals surface area contributed by atoms with Gasteiger partial charge >= 0.3 is 0 Å². The zero-order valence-electron chi connectivity index (χ0n) is 8.34. The normalized spacial score (nSPS) is 11.0. The van der Waals surface area contributed by atoms with Gasteiger partial charge in [-0.2, -0.15) is 0 Å². The second kappa shape index (κ2) is 2.98. The van der Waals surface area contributed by atoms with Gasteiger partial charge in [0, 0.05) is 25.0 Å². The van der Waals surface area contributed by atoms with E-state index in [1.54, 1.807) is 0 Å². The van der Waals surface area contributed by atoms with E-state index in [2.05, 4.69) is 4.98 Å². The summed E-state index contributed by atoms with van der Waals surface area (Å²) in [5.41, 5.74) is 2.84. The third kappa shape index (κ3) is 1.32. The highest BCUT2D eigenvalue weighted by atomic mass is 16.3. The molecule has 0 aliphatic heterocycles. The van der Waals surface area contributed by atoms with Gasteiger partial charge in [0.15, 0.2) is 11.5 Å². The summed E-state index contributed by atoms with van der Waals surface area (Å²) in [6, 6.07) is 9.99. The van der Waals surface area contributed by atoms with Crippen molar-refractivity contribution in [2.24, 2.45) is 0 Å². The van der Waals surface area contributed by atoms with E-state index in [0.29, 0.717) is 5.89 Å². The van der Waals surface area contributed by atoms with Crippen molar-refractivity contribution in [3.8, 4) is 5.69 Å². The standard InChI is InChI=1S/C12H10N2O/c1-9-13-11-8-10(4-5-12(11)15-9)14-6-2-3-7-14/h2-8H,1H3. The maximum Gasteiger partial charge on any atom is 0.192 e. The van der Waals surface area contributed by atoms with E-state index in [0.717, 1.165) is 16.8 Å². The molecular formula is C12H10N2O. The third-order valence-electron chi connectivity index (χ3n) is 2.38. The largest absolute Gasteiger partial charge is 0.441 e. The molecule has 0 amide bonds. The zero-order chi connectivity index (χ0) is 10.3. The Morgan fingerprint density at radius 3 is 2.80 bits per heavy atom. The van der Waals surface area contributed by atoms with Crippen LogP contribution in [0.25, 0.3) is 16.8 Å². The Morgan fingerprint density at radius 1 is 1.20 bits per heavy atom. The van der Waals surface area contributed by atoms with Crippen molar-refractivity contribution in [3.63, 3.8) is 0 Å². The van der Waals surface area contributed by atoms with Crippen LogP contribution in [0.4, 0.5) is 0 Å². The highest BCUT2D eigenvalue weighted by Crippen LogP contribution is 2.19. The van der Waals surface area contributed by atoms with Crippen molar-refractivity contribution in [2.75, 3.05) is 0 Å². The molecule has 0 N–H and O–H groups in total. The Morgan fingerprint density at radius 2 is 2.00 bits per heavy atom. The maximum absolute atomic E-state index is 5.42. The molecule has 0 atom stereocenters. The minimum absolute atomic E-state index is 0.703. The summed E-state index contributed by atoms with van der Waals surface area (Å²) in [6.07, 6.45) is 4.02. The predicted molar refractivity (Wildman–Crippen MR) is 58.1 cm³/mol. The van der Waals surface area contributed by atoms with Crippen LogP contribution in [-0.4, -0.2) is 9.55 Å². The molecule has 2 aromatic heterocycles. The predicted octanol–water partition coefficient (Wildman–Crippen LogP) is 2.93. The summed E-state index contributed by atoms with van der Waals surface area (Å²) in [5.74, 6) is 0.703. The molecular weight excluding hydrogens is 188 g/mol. The molecule has 3 aromatic rings. The summed E-state index contributed by atoms with van der Waals surface area (Å²) in [7, 11) is 0. The molecule has 0 bridgehead atoms. The van der Waals surface area contributed by atoms with Crippen molar-refractivity contribution >= 4 is 11.1 Å². The molecule has 3 nitrogen and oxygen atoms in total. The van der Waals surface area contributed by atoms with Crippen molar-refractivity contribution in [1.82, 2.24) is 9.55 Å². The molecule has 3 heteroatoms. The summed E-state index contributed by atoms with van der Waals surface area (Å²) in [4.78, 5) is 4.30. The van der Waals surface area contributed by atoms with E-state index in [-0.39, 0.29) is 0 Å². The van der Waals surface area contributed by atoms with Crippen molar-refractivity contribution in [2.45, 2.75) is 6.92 Å². The van der Waals surface area contributed by atoms with E-state index in [4.69, 9.17) is 4.42 Å². The number of aromatic nitrogens is 2. The zero-order valence-corrected chi connectivity index (χ0v) is 8.34. The topological polar surface area (TPSA) is 31.0 Å². The van der Waals surface area contributed by atoms with Gasteiger partial charge < -0.3 is 8.98 Å². The first-order valence-corrected chi connectivity index (χ1v) is 4.83. The van der Waals surface area contributed by atoms with Crippen LogP contribution in [0.1, 0.15) is 5.89 Å². The molecule has 0 unspecified atom stereocenters. The lowest BCUT2D eigenvalue weighted by molar-refractivity contribution is 0.561. The fourth-order valence-electron chi connectivity index (χ4n) is 1.70. The van der Waals surface area contributed by atoms with Crippen LogP contribution in [0.2, 0.25) is 0 Å². The van der Waals surface area contributed by atoms with Crippen LogP contribution in [0, 0.1) is 6.92 Å². The monoisotopic (exact) mass is 198 g/mol. The summed E-state index contributed by atoms with van der Waals surface area (Å²) in [5, 5.41) is 0. The number of hydrogen-bond acceptors (Lipinski definition) is 2. The number of nitrogens with zero attached hydrogens (tertiary/aromatic N) is 2. The third-order valence-corrected chi connectivity index (χ3v) is 2.38. The summed E-state index contributed by atoms with van der Waals surface area (Å²) >= 11 is 0. The molecule has 0 spiro atoms. The number of fused-ring (bicyclic) bond motifs is 1. The number of benzene rings is 1. The minimum atomic E-state index is 0.703. The van der Waals surface area contributed by atoms with Gasteiger partial charge in [-0.1, -0.05) is 0 Å². The van der Waals surface area contributed by atoms with E-state index in [1.807, 2.05) is 54.2 Å². The molecule has 15 heavy (non-hydrogen) atoms. The highest BCUT2D eigenvalue weighted by molar-refractivity contribution is 5.75. The fraction of sp³-hybridized carbons (Fsp3) is 0.0833. The van der Waals surface area contributed by atoms with Gasteiger partial charge in [-0.3, -0.25) is 0 Å². The quantitative estimate of drug-likeness (QED) is 0.602. The Bertz CT molecular complexity index is 593. The van der Waals surface area contributed by atoms with Gasteiger partial charge in [-0.15, -0.1) is 0 Å². The molecule has 0 radical (unpaired) electrons. The van der Waals surface area contributed by atoms with Crippen LogP contribution in [0.15, 0.2) is 47.1 Å². The van der Waals surface area contributed by atoms with Crippen LogP contribution in [0.5, 0.6) is 0 Å². The Hall–Kier alpha value is -2.03. The molecule has 0 fully saturated rings. The number of aryl methyl sites for hydroxylation is 1. The molecule has 2 heterocycles. The SMILES string of the molecule is Cc1nc2cc(-n3cccc3)ccc2o1. The van der Waals surface area contributed by atoms with Crippen LogP contribution < -0.4 is 0 Å². The Kier molecular flexibility index (Phi) is 1.65. The maximum atomic E-state index is 5.42. The van der Waals surface area contributed by atoms with Crippen molar-refractivity contribution in [3.05, 3.63) is 48.6 Å². The Balaban J connectivity index is 2.21. The molecule has 0 saturated heterocycles. The van der Waals surface area contributed by atoms with Crippen LogP contribution in [0.3, 0.4) is 0 Å². The Labute approximate surface area is 87.0 Å². The van der Waals surface area contributed by atoms with Crippen molar-refractivity contribution in [1.29, 1.82) is 0 Å². The smallest absolute Gasteiger partial charge is 0.192 e. The first-order valence-electron chi connectivity index (χ1n) is 4.83. The summed E-state index contributed by atoms with van der Waals surface area (Å²) < 4.78 is 7.46. The first kappa shape index (κ1) is 8.29. The summed E-state index contributed by atoms with van der Waals surface area (Å²) in [6.45, 7) is 1.86. The minimum Gasteiger partial charge on any atom is -0.441 e. The van der Waals surface area contributed by atoms with Gasteiger partial charge in [0.05, 0.1) is 0 Å². The molecule has 3 rings (SSSR count). The lowest BCUT2D eigenvalue weighted by Gasteiger charge is -2.00. The second-order valence-electron chi connectivity index (χ2n) is 3.48. The van der Waals surface area contributed by atoms with E-state index in [1.165, 1.54) is 0 Å².